The molecule has 1 aromatic rings. The number of hydrogen-bond donors (Lipinski definition) is 4. The van der Waals surface area contributed by atoms with Gasteiger partial charge in [-0.15, -0.1) is 12.4 Å². The Kier molecular flexibility index (Phi) is 9.92. The number of benzene rings is 1. The predicted molar refractivity (Wildman–Crippen MR) is 108 cm³/mol. The fraction of sp³-hybridized carbons (Fsp3) is 0.526. The highest BCUT2D eigenvalue weighted by Gasteiger charge is 2.32. The molecule has 0 fully saturated rings. The van der Waals surface area contributed by atoms with Crippen LogP contribution in [0.25, 0.3) is 0 Å². The minimum atomic E-state index is -1.12. The van der Waals surface area contributed by atoms with Crippen molar-refractivity contribution in [2.24, 2.45) is 5.73 Å². The lowest BCUT2D eigenvalue weighted by Crippen LogP contribution is -2.54. The quantitative estimate of drug-likeness (QED) is 0.449. The molecule has 0 unspecified atom stereocenters. The fourth-order valence-electron chi connectivity index (χ4n) is 3.38. The zero-order chi connectivity index (χ0) is 19.8. The number of carboxylic acids is 2. The number of aliphatic carboxylic acids is 2. The Bertz CT molecular complexity index is 685. The van der Waals surface area contributed by atoms with Gasteiger partial charge in [0.2, 0.25) is 5.91 Å². The first kappa shape index (κ1) is 23.9. The van der Waals surface area contributed by atoms with Gasteiger partial charge in [-0.3, -0.25) is 24.6 Å². The van der Waals surface area contributed by atoms with E-state index in [-0.39, 0.29) is 12.4 Å². The van der Waals surface area contributed by atoms with Gasteiger partial charge in [0.1, 0.15) is 12.6 Å². The highest BCUT2D eigenvalue weighted by molar-refractivity contribution is 6.01. The summed E-state index contributed by atoms with van der Waals surface area (Å²) in [5.74, 6) is -2.54. The van der Waals surface area contributed by atoms with E-state index in [2.05, 4.69) is 5.32 Å². The second-order valence-electron chi connectivity index (χ2n) is 6.73. The Morgan fingerprint density at radius 2 is 1.96 bits per heavy atom. The standard InChI is InChI=1S/C19H27N3O5.ClH/c20-11-4-3-8-15(19(26)27)21-14-9-5-7-13-6-1-2-10-16(13)22(18(14)25)12-17(23)24;/h1-2,6,10,14-15,21H,3-5,7-9,11-12,20H2,(H,23,24)(H,26,27);1H/t14-,15-;/m0./s1. The van der Waals surface area contributed by atoms with Crippen molar-refractivity contribution in [2.45, 2.75) is 50.6 Å². The van der Waals surface area contributed by atoms with Crippen LogP contribution in [0.15, 0.2) is 24.3 Å². The van der Waals surface area contributed by atoms with Crippen LogP contribution in [-0.4, -0.2) is 53.2 Å². The van der Waals surface area contributed by atoms with E-state index < -0.39 is 36.5 Å². The number of unbranched alkanes of at least 4 members (excludes halogenated alkanes) is 1. The molecule has 0 saturated heterocycles. The van der Waals surface area contributed by atoms with Crippen molar-refractivity contribution in [3.63, 3.8) is 0 Å². The first-order valence-corrected chi connectivity index (χ1v) is 9.24. The molecule has 1 aromatic carbocycles. The fourth-order valence-corrected chi connectivity index (χ4v) is 3.38. The summed E-state index contributed by atoms with van der Waals surface area (Å²) in [6.07, 6.45) is 3.57. The van der Waals surface area contributed by atoms with Gasteiger partial charge in [0.15, 0.2) is 0 Å². The van der Waals surface area contributed by atoms with Crippen molar-refractivity contribution in [3.05, 3.63) is 29.8 Å². The molecular weight excluding hydrogens is 386 g/mol. The molecule has 0 aliphatic carbocycles. The van der Waals surface area contributed by atoms with E-state index in [1.54, 1.807) is 12.1 Å². The number of anilines is 1. The predicted octanol–water partition coefficient (Wildman–Crippen LogP) is 1.40. The first-order chi connectivity index (χ1) is 12.9. The van der Waals surface area contributed by atoms with Crippen LogP contribution >= 0.6 is 12.4 Å². The average molecular weight is 414 g/mol. The molecule has 1 heterocycles. The number of carbonyl (C=O) groups is 3. The summed E-state index contributed by atoms with van der Waals surface area (Å²) in [4.78, 5) is 37.2. The lowest BCUT2D eigenvalue weighted by molar-refractivity contribution is -0.141. The Balaban J connectivity index is 0.00000392. The number of hydrogen-bond acceptors (Lipinski definition) is 5. The van der Waals surface area contributed by atoms with Gasteiger partial charge in [-0.25, -0.2) is 0 Å². The number of fused-ring (bicyclic) bond motifs is 1. The molecule has 1 amide bonds. The van der Waals surface area contributed by atoms with Gasteiger partial charge in [0.25, 0.3) is 0 Å². The van der Waals surface area contributed by atoms with Crippen LogP contribution in [0.5, 0.6) is 0 Å². The summed E-state index contributed by atoms with van der Waals surface area (Å²) >= 11 is 0. The number of para-hydroxylation sites is 1. The van der Waals surface area contributed by atoms with E-state index in [1.165, 1.54) is 4.90 Å². The van der Waals surface area contributed by atoms with Gasteiger partial charge in [-0.2, -0.15) is 0 Å². The number of rotatable bonds is 9. The number of nitrogens with two attached hydrogens (primary N) is 1. The molecule has 0 spiro atoms. The van der Waals surface area contributed by atoms with Crippen molar-refractivity contribution in [1.29, 1.82) is 0 Å². The van der Waals surface area contributed by atoms with Crippen LogP contribution in [0.2, 0.25) is 0 Å². The SMILES string of the molecule is Cl.NCCCC[C@H](N[C@H]1CCCc2ccccc2N(CC(=O)O)C1=O)C(=O)O. The third kappa shape index (κ3) is 6.47. The van der Waals surface area contributed by atoms with E-state index in [1.807, 2.05) is 12.1 Å². The maximum Gasteiger partial charge on any atom is 0.323 e. The van der Waals surface area contributed by atoms with Crippen molar-refractivity contribution < 1.29 is 24.6 Å². The van der Waals surface area contributed by atoms with Crippen molar-refractivity contribution in [2.75, 3.05) is 18.0 Å². The molecule has 0 bridgehead atoms. The van der Waals surface area contributed by atoms with Gasteiger partial charge in [-0.05, 0) is 50.3 Å². The summed E-state index contributed by atoms with van der Waals surface area (Å²) < 4.78 is 0. The molecular formula is C19H28ClN3O5. The molecule has 0 aromatic heterocycles. The number of nitrogens with zero attached hydrogens (tertiary/aromatic N) is 1. The highest BCUT2D eigenvalue weighted by Crippen LogP contribution is 2.26. The van der Waals surface area contributed by atoms with Gasteiger partial charge in [-0.1, -0.05) is 24.6 Å². The summed E-state index contributed by atoms with van der Waals surface area (Å²) in [7, 11) is 0. The van der Waals surface area contributed by atoms with Crippen molar-refractivity contribution in [3.8, 4) is 0 Å². The molecule has 156 valence electrons. The van der Waals surface area contributed by atoms with Gasteiger partial charge < -0.3 is 15.9 Å². The lowest BCUT2D eigenvalue weighted by atomic mass is 9.97. The molecule has 8 nitrogen and oxygen atoms in total. The molecule has 9 heteroatoms. The Morgan fingerprint density at radius 1 is 1.25 bits per heavy atom. The summed E-state index contributed by atoms with van der Waals surface area (Å²) in [5, 5.41) is 21.7. The lowest BCUT2D eigenvalue weighted by Gasteiger charge is -2.32. The minimum Gasteiger partial charge on any atom is -0.480 e. The molecule has 5 N–H and O–H groups in total. The minimum absolute atomic E-state index is 0. The number of halogens is 1. The van der Waals surface area contributed by atoms with Crippen molar-refractivity contribution >= 4 is 35.9 Å². The number of amides is 1. The van der Waals surface area contributed by atoms with Crippen LogP contribution < -0.4 is 16.0 Å². The molecule has 0 saturated carbocycles. The molecule has 1 aliphatic heterocycles. The van der Waals surface area contributed by atoms with Crippen molar-refractivity contribution in [1.82, 2.24) is 5.32 Å². The zero-order valence-electron chi connectivity index (χ0n) is 15.7. The van der Waals surface area contributed by atoms with E-state index in [0.717, 1.165) is 5.56 Å². The second kappa shape index (κ2) is 11.6. The van der Waals surface area contributed by atoms with Crippen LogP contribution in [-0.2, 0) is 20.8 Å². The Morgan fingerprint density at radius 3 is 2.61 bits per heavy atom. The normalized spacial score (nSPS) is 17.7. The van der Waals surface area contributed by atoms with Gasteiger partial charge in [0.05, 0.1) is 6.04 Å². The van der Waals surface area contributed by atoms with Gasteiger partial charge >= 0.3 is 11.9 Å². The average Bonchev–Trinajstić information content (AvgIpc) is 2.63. The maximum atomic E-state index is 13.1. The van der Waals surface area contributed by atoms with Crippen LogP contribution in [0, 0.1) is 0 Å². The molecule has 1 aliphatic rings. The van der Waals surface area contributed by atoms with Crippen LogP contribution in [0.3, 0.4) is 0 Å². The molecule has 2 rings (SSSR count). The van der Waals surface area contributed by atoms with E-state index >= 15 is 0 Å². The molecule has 0 radical (unpaired) electrons. The highest BCUT2D eigenvalue weighted by atomic mass is 35.5. The van der Waals surface area contributed by atoms with E-state index in [0.29, 0.717) is 50.8 Å². The number of nitrogens with one attached hydrogen (secondary N) is 1. The number of carboxylic acid groups (broad SMARTS) is 2. The number of aryl methyl sites for hydroxylation is 1. The van der Waals surface area contributed by atoms with Crippen LogP contribution in [0.4, 0.5) is 5.69 Å². The Hall–Kier alpha value is -2.16. The topological polar surface area (TPSA) is 133 Å². The maximum absolute atomic E-state index is 13.1. The summed E-state index contributed by atoms with van der Waals surface area (Å²) in [6.45, 7) is 0.0246. The zero-order valence-corrected chi connectivity index (χ0v) is 16.5. The first-order valence-electron chi connectivity index (χ1n) is 9.24. The third-order valence-corrected chi connectivity index (χ3v) is 4.73. The van der Waals surface area contributed by atoms with E-state index in [4.69, 9.17) is 5.73 Å². The monoisotopic (exact) mass is 413 g/mol. The van der Waals surface area contributed by atoms with Gasteiger partial charge in [0, 0.05) is 5.69 Å². The molecule has 28 heavy (non-hydrogen) atoms. The number of carbonyl (C=O) groups excluding carboxylic acids is 1. The summed E-state index contributed by atoms with van der Waals surface area (Å²) in [6, 6.07) is 5.63. The second-order valence-corrected chi connectivity index (χ2v) is 6.73. The van der Waals surface area contributed by atoms with E-state index in [9.17, 15) is 24.6 Å². The summed E-state index contributed by atoms with van der Waals surface area (Å²) in [5.41, 5.74) is 6.96. The smallest absolute Gasteiger partial charge is 0.323 e. The third-order valence-electron chi connectivity index (χ3n) is 4.73. The largest absolute Gasteiger partial charge is 0.480 e. The Labute approximate surface area is 170 Å². The molecule has 2 atom stereocenters. The van der Waals surface area contributed by atoms with Crippen LogP contribution in [0.1, 0.15) is 37.7 Å².